The summed E-state index contributed by atoms with van der Waals surface area (Å²) in [7, 11) is 1.73. The molecule has 0 aliphatic heterocycles. The third-order valence-corrected chi connectivity index (χ3v) is 2.34. The second kappa shape index (κ2) is 5.20. The maximum Gasteiger partial charge on any atom is 0.228 e. The molecule has 0 aromatic carbocycles. The van der Waals surface area contributed by atoms with Crippen molar-refractivity contribution in [1.82, 2.24) is 25.1 Å². The number of hydrogen-bond donors (Lipinski definition) is 1. The first-order chi connectivity index (χ1) is 8.25. The number of nitrogens with zero attached hydrogens (tertiary/aromatic N) is 4. The molecule has 2 rings (SSSR count). The van der Waals surface area contributed by atoms with Gasteiger partial charge < -0.3 is 4.90 Å². The fourth-order valence-corrected chi connectivity index (χ4v) is 1.41. The Morgan fingerprint density at radius 3 is 2.94 bits per heavy atom. The molecule has 0 spiro atoms. The van der Waals surface area contributed by atoms with Gasteiger partial charge in [-0.1, -0.05) is 6.07 Å². The first-order valence-corrected chi connectivity index (χ1v) is 5.24. The molecule has 2 heterocycles. The number of hydrogen-bond acceptors (Lipinski definition) is 4. The van der Waals surface area contributed by atoms with E-state index in [0.29, 0.717) is 18.8 Å². The lowest BCUT2D eigenvalue weighted by Gasteiger charge is -2.14. The monoisotopic (exact) mass is 231 g/mol. The maximum absolute atomic E-state index is 11.9. The van der Waals surface area contributed by atoms with Gasteiger partial charge in [0.1, 0.15) is 12.2 Å². The van der Waals surface area contributed by atoms with Gasteiger partial charge in [0.05, 0.1) is 13.0 Å². The molecule has 1 N–H and O–H groups in total. The smallest absolute Gasteiger partial charge is 0.228 e. The Balaban J connectivity index is 1.92. The number of likely N-dealkylation sites (N-methyl/N-ethyl adjacent to an activating group) is 1. The molecular weight excluding hydrogens is 218 g/mol. The molecule has 0 aliphatic carbocycles. The van der Waals surface area contributed by atoms with Crippen LogP contribution in [0, 0.1) is 0 Å². The minimum absolute atomic E-state index is 0.0000926. The minimum Gasteiger partial charge on any atom is -0.338 e. The zero-order valence-electron chi connectivity index (χ0n) is 9.50. The molecule has 0 unspecified atom stereocenters. The number of carbonyl (C=O) groups excluding carboxylic acids is 1. The van der Waals surface area contributed by atoms with E-state index >= 15 is 0 Å². The van der Waals surface area contributed by atoms with Crippen molar-refractivity contribution < 1.29 is 4.79 Å². The van der Waals surface area contributed by atoms with Gasteiger partial charge in [0, 0.05) is 18.9 Å². The summed E-state index contributed by atoms with van der Waals surface area (Å²) in [4.78, 5) is 21.5. The van der Waals surface area contributed by atoms with Gasteiger partial charge >= 0.3 is 0 Å². The Morgan fingerprint density at radius 2 is 2.29 bits per heavy atom. The van der Waals surface area contributed by atoms with Gasteiger partial charge in [-0.25, -0.2) is 4.98 Å². The van der Waals surface area contributed by atoms with Crippen LogP contribution in [0.5, 0.6) is 0 Å². The van der Waals surface area contributed by atoms with Crippen molar-refractivity contribution >= 4 is 5.91 Å². The van der Waals surface area contributed by atoms with E-state index in [4.69, 9.17) is 0 Å². The Bertz CT molecular complexity index is 468. The zero-order chi connectivity index (χ0) is 12.1. The summed E-state index contributed by atoms with van der Waals surface area (Å²) in [6, 6.07) is 5.53. The van der Waals surface area contributed by atoms with E-state index in [2.05, 4.69) is 20.2 Å². The first-order valence-electron chi connectivity index (χ1n) is 5.24. The number of carbonyl (C=O) groups is 1. The fourth-order valence-electron chi connectivity index (χ4n) is 1.41. The highest BCUT2D eigenvalue weighted by Gasteiger charge is 2.11. The topological polar surface area (TPSA) is 74.8 Å². The molecule has 0 aliphatic rings. The fraction of sp³-hybridized carbons (Fsp3) is 0.273. The highest BCUT2D eigenvalue weighted by Crippen LogP contribution is 2.01. The van der Waals surface area contributed by atoms with Crippen LogP contribution in [0.15, 0.2) is 30.7 Å². The Morgan fingerprint density at radius 1 is 1.41 bits per heavy atom. The Kier molecular flexibility index (Phi) is 3.44. The third kappa shape index (κ3) is 3.10. The van der Waals surface area contributed by atoms with Gasteiger partial charge in [-0.15, -0.1) is 0 Å². The molecule has 6 heteroatoms. The Labute approximate surface area is 98.7 Å². The number of amides is 1. The molecule has 2 aromatic heterocycles. The Hall–Kier alpha value is -2.24. The standard InChI is InChI=1S/C11H13N5O/c1-16(7-10-13-8-14-15-10)11(17)6-9-4-2-3-5-12-9/h2-5,8H,6-7H2,1H3,(H,13,14,15). The van der Waals surface area contributed by atoms with Crippen LogP contribution in [-0.4, -0.2) is 38.0 Å². The number of nitrogens with one attached hydrogen (secondary N) is 1. The van der Waals surface area contributed by atoms with Crippen LogP contribution in [0.3, 0.4) is 0 Å². The van der Waals surface area contributed by atoms with Crippen molar-refractivity contribution in [3.8, 4) is 0 Å². The van der Waals surface area contributed by atoms with Crippen molar-refractivity contribution in [3.05, 3.63) is 42.2 Å². The molecule has 88 valence electrons. The van der Waals surface area contributed by atoms with E-state index in [9.17, 15) is 4.79 Å². The third-order valence-electron chi connectivity index (χ3n) is 2.34. The highest BCUT2D eigenvalue weighted by molar-refractivity contribution is 5.77. The quantitative estimate of drug-likeness (QED) is 0.826. The van der Waals surface area contributed by atoms with Crippen molar-refractivity contribution in [2.45, 2.75) is 13.0 Å². The normalized spacial score (nSPS) is 10.2. The SMILES string of the molecule is CN(Cc1ncn[nH]1)C(=O)Cc1ccccn1. The molecular formula is C11H13N5O. The summed E-state index contributed by atoms with van der Waals surface area (Å²) in [5.74, 6) is 0.668. The average Bonchev–Trinajstić information content (AvgIpc) is 2.83. The maximum atomic E-state index is 11.9. The van der Waals surface area contributed by atoms with Crippen LogP contribution in [0.1, 0.15) is 11.5 Å². The van der Waals surface area contributed by atoms with Crippen LogP contribution in [-0.2, 0) is 17.8 Å². The van der Waals surface area contributed by atoms with Crippen LogP contribution in [0.4, 0.5) is 0 Å². The van der Waals surface area contributed by atoms with Gasteiger partial charge in [0.2, 0.25) is 5.91 Å². The van der Waals surface area contributed by atoms with Gasteiger partial charge in [-0.2, -0.15) is 5.10 Å². The molecule has 1 amide bonds. The average molecular weight is 231 g/mol. The van der Waals surface area contributed by atoms with E-state index in [0.717, 1.165) is 5.69 Å². The predicted molar refractivity (Wildman–Crippen MR) is 60.8 cm³/mol. The molecule has 6 nitrogen and oxygen atoms in total. The van der Waals surface area contributed by atoms with Crippen LogP contribution in [0.25, 0.3) is 0 Å². The van der Waals surface area contributed by atoms with Crippen molar-refractivity contribution in [1.29, 1.82) is 0 Å². The summed E-state index contributed by atoms with van der Waals surface area (Å²) < 4.78 is 0. The number of rotatable bonds is 4. The van der Waals surface area contributed by atoms with Crippen molar-refractivity contribution in [2.75, 3.05) is 7.05 Å². The predicted octanol–water partition coefficient (Wildman–Crippen LogP) is 0.401. The number of aromatic nitrogens is 4. The van der Waals surface area contributed by atoms with E-state index < -0.39 is 0 Å². The van der Waals surface area contributed by atoms with Crippen LogP contribution < -0.4 is 0 Å². The number of aromatic amines is 1. The second-order valence-corrected chi connectivity index (χ2v) is 3.68. The van der Waals surface area contributed by atoms with Gasteiger partial charge in [-0.05, 0) is 12.1 Å². The van der Waals surface area contributed by atoms with E-state index in [1.807, 2.05) is 18.2 Å². The summed E-state index contributed by atoms with van der Waals surface area (Å²) in [5.41, 5.74) is 0.766. The second-order valence-electron chi connectivity index (χ2n) is 3.68. The van der Waals surface area contributed by atoms with Gasteiger partial charge in [0.15, 0.2) is 0 Å². The molecule has 0 radical (unpaired) electrons. The summed E-state index contributed by atoms with van der Waals surface area (Å²) in [5, 5.41) is 6.45. The molecule has 0 bridgehead atoms. The first kappa shape index (κ1) is 11.3. The van der Waals surface area contributed by atoms with Gasteiger partial charge in [-0.3, -0.25) is 14.9 Å². The molecule has 0 saturated carbocycles. The van der Waals surface area contributed by atoms with E-state index in [1.165, 1.54) is 6.33 Å². The zero-order valence-corrected chi connectivity index (χ0v) is 9.50. The summed E-state index contributed by atoms with van der Waals surface area (Å²) >= 11 is 0. The largest absolute Gasteiger partial charge is 0.338 e. The molecule has 0 atom stereocenters. The molecule has 2 aromatic rings. The minimum atomic E-state index is 0.0000926. The lowest BCUT2D eigenvalue weighted by molar-refractivity contribution is -0.129. The van der Waals surface area contributed by atoms with Crippen LogP contribution in [0.2, 0.25) is 0 Å². The summed E-state index contributed by atoms with van der Waals surface area (Å²) in [6.07, 6.45) is 3.40. The van der Waals surface area contributed by atoms with E-state index in [-0.39, 0.29) is 5.91 Å². The van der Waals surface area contributed by atoms with Gasteiger partial charge in [0.25, 0.3) is 0 Å². The highest BCUT2D eigenvalue weighted by atomic mass is 16.2. The van der Waals surface area contributed by atoms with Crippen LogP contribution >= 0.6 is 0 Å². The van der Waals surface area contributed by atoms with Crippen molar-refractivity contribution in [2.24, 2.45) is 0 Å². The lowest BCUT2D eigenvalue weighted by Crippen LogP contribution is -2.28. The van der Waals surface area contributed by atoms with E-state index in [1.54, 1.807) is 18.1 Å². The number of H-pyrrole nitrogens is 1. The van der Waals surface area contributed by atoms with Crippen molar-refractivity contribution in [3.63, 3.8) is 0 Å². The molecule has 0 saturated heterocycles. The molecule has 0 fully saturated rings. The molecule has 17 heavy (non-hydrogen) atoms. The number of pyridine rings is 1. The lowest BCUT2D eigenvalue weighted by atomic mass is 10.2. The summed E-state index contributed by atoms with van der Waals surface area (Å²) in [6.45, 7) is 0.422.